The number of aliphatic imine (C=N–C) groups is 1. The summed E-state index contributed by atoms with van der Waals surface area (Å²) in [5.41, 5.74) is 1.95. The van der Waals surface area contributed by atoms with Gasteiger partial charge in [-0.15, -0.1) is 23.5 Å². The zero-order chi connectivity index (χ0) is 24.9. The molecule has 2 fully saturated rings. The van der Waals surface area contributed by atoms with Gasteiger partial charge in [-0.25, -0.2) is 0 Å². The molecular weight excluding hydrogens is 513 g/mol. The molecule has 0 saturated carbocycles. The molecule has 0 aromatic heterocycles. The fourth-order valence-electron chi connectivity index (χ4n) is 4.61. The first kappa shape index (κ1) is 26.4. The normalized spacial score (nSPS) is 29.4. The van der Waals surface area contributed by atoms with Gasteiger partial charge in [0.25, 0.3) is 0 Å². The molecule has 36 heavy (non-hydrogen) atoms. The zero-order valence-corrected chi connectivity index (χ0v) is 23.1. The lowest BCUT2D eigenvalue weighted by atomic mass is 9.94. The van der Waals surface area contributed by atoms with Gasteiger partial charge in [0.1, 0.15) is 35.9 Å². The maximum atomic E-state index is 11.6. The van der Waals surface area contributed by atoms with E-state index in [4.69, 9.17) is 19.2 Å². The number of benzene rings is 2. The maximum absolute atomic E-state index is 11.6. The van der Waals surface area contributed by atoms with Crippen LogP contribution in [0.3, 0.4) is 0 Å². The highest BCUT2D eigenvalue weighted by molar-refractivity contribution is 8.17. The first-order chi connectivity index (χ1) is 17.6. The predicted molar refractivity (Wildman–Crippen MR) is 151 cm³/mol. The number of ether oxygens (including phenoxy) is 3. The number of aliphatic hydroxyl groups excluding tert-OH is 1. The van der Waals surface area contributed by atoms with Gasteiger partial charge in [-0.1, -0.05) is 72.4 Å². The van der Waals surface area contributed by atoms with Crippen molar-refractivity contribution in [3.63, 3.8) is 0 Å². The molecule has 5 rings (SSSR count). The number of rotatable bonds is 8. The van der Waals surface area contributed by atoms with Crippen LogP contribution >= 0.6 is 35.3 Å². The van der Waals surface area contributed by atoms with Crippen molar-refractivity contribution in [2.24, 2.45) is 4.99 Å². The average molecular weight is 547 g/mol. The van der Waals surface area contributed by atoms with Crippen molar-refractivity contribution < 1.29 is 19.3 Å². The zero-order valence-electron chi connectivity index (χ0n) is 20.6. The minimum absolute atomic E-state index is 0.0542. The lowest BCUT2D eigenvalue weighted by molar-refractivity contribution is -0.218. The van der Waals surface area contributed by atoms with E-state index in [2.05, 4.69) is 24.3 Å². The smallest absolute Gasteiger partial charge is 0.161 e. The lowest BCUT2D eigenvalue weighted by Gasteiger charge is -2.45. The third-order valence-electron chi connectivity index (χ3n) is 6.46. The molecular formula is C27H34N2O4S3. The lowest BCUT2D eigenvalue weighted by Crippen LogP contribution is -2.61. The van der Waals surface area contributed by atoms with Crippen molar-refractivity contribution in [2.45, 2.75) is 60.1 Å². The molecule has 2 aromatic rings. The molecule has 6 nitrogen and oxygen atoms in total. The molecule has 0 aliphatic carbocycles. The summed E-state index contributed by atoms with van der Waals surface area (Å²) in [6.45, 7) is 0.871. The number of hydrogen-bond acceptors (Lipinski definition) is 9. The molecule has 2 saturated heterocycles. The minimum atomic E-state index is -0.672. The third kappa shape index (κ3) is 6.26. The molecule has 1 N–H and O–H groups in total. The predicted octanol–water partition coefficient (Wildman–Crippen LogP) is 4.47. The van der Waals surface area contributed by atoms with Gasteiger partial charge in [0, 0.05) is 14.1 Å². The van der Waals surface area contributed by atoms with Crippen LogP contribution in [0.25, 0.3) is 0 Å². The van der Waals surface area contributed by atoms with Gasteiger partial charge in [0.05, 0.1) is 17.8 Å². The average Bonchev–Trinajstić information content (AvgIpc) is 3.36. The summed E-state index contributed by atoms with van der Waals surface area (Å²) in [5, 5.41) is 12.5. The van der Waals surface area contributed by atoms with E-state index in [0.717, 1.165) is 27.8 Å². The van der Waals surface area contributed by atoms with Gasteiger partial charge in [0.2, 0.25) is 0 Å². The van der Waals surface area contributed by atoms with E-state index >= 15 is 0 Å². The summed E-state index contributed by atoms with van der Waals surface area (Å²) in [7, 11) is 3.99. The molecule has 1 unspecified atom stereocenters. The fourth-order valence-corrected chi connectivity index (χ4v) is 8.69. The quantitative estimate of drug-likeness (QED) is 0.520. The molecule has 0 amide bonds. The Balaban J connectivity index is 1.43. The Hall–Kier alpha value is -1.20. The number of nitrogens with zero attached hydrogens (tertiary/aromatic N) is 2. The molecule has 0 radical (unpaired) electrons. The van der Waals surface area contributed by atoms with Crippen LogP contribution in [0.5, 0.6) is 0 Å². The van der Waals surface area contributed by atoms with E-state index in [9.17, 15) is 5.11 Å². The Morgan fingerprint density at radius 1 is 0.944 bits per heavy atom. The molecule has 6 atom stereocenters. The van der Waals surface area contributed by atoms with E-state index in [1.54, 1.807) is 11.8 Å². The Labute approximate surface area is 226 Å². The topological polar surface area (TPSA) is 63.5 Å². The molecule has 3 heterocycles. The molecule has 0 spiro atoms. The minimum Gasteiger partial charge on any atom is -0.388 e. The molecule has 3 aliphatic heterocycles. The molecule has 9 heteroatoms. The van der Waals surface area contributed by atoms with E-state index in [1.165, 1.54) is 6.42 Å². The Bertz CT molecular complexity index is 991. The number of thioether (sulfide) groups is 3. The van der Waals surface area contributed by atoms with Crippen molar-refractivity contribution in [1.82, 2.24) is 4.90 Å². The first-order valence-electron chi connectivity index (χ1n) is 12.4. The maximum Gasteiger partial charge on any atom is 0.161 e. The first-order valence-corrected chi connectivity index (χ1v) is 15.4. The second-order valence-electron chi connectivity index (χ2n) is 9.36. The van der Waals surface area contributed by atoms with E-state index < -0.39 is 18.3 Å². The molecule has 0 bridgehead atoms. The van der Waals surface area contributed by atoms with Gasteiger partial charge >= 0.3 is 0 Å². The number of hydrogen-bond donors (Lipinski definition) is 1. The summed E-state index contributed by atoms with van der Waals surface area (Å²) in [6.07, 6.45) is -0.826. The van der Waals surface area contributed by atoms with Crippen molar-refractivity contribution in [3.8, 4) is 0 Å². The fraction of sp³-hybridized carbons (Fsp3) is 0.519. The van der Waals surface area contributed by atoms with Gasteiger partial charge in [-0.05, 0) is 29.1 Å². The SMILES string of the molecule is CN(C)C1=N[C@@H]2[C@@H](OCc3ccccc3)[C@@H](OCc3ccccc3)[C@@H](C(O)C3SCCCS3)O[C@@H]2S1. The summed E-state index contributed by atoms with van der Waals surface area (Å²) < 4.78 is 19.9. The Kier molecular flexibility index (Phi) is 9.22. The third-order valence-corrected chi connectivity index (χ3v) is 10.8. The summed E-state index contributed by atoms with van der Waals surface area (Å²) >= 11 is 5.24. The van der Waals surface area contributed by atoms with Gasteiger partial charge < -0.3 is 24.2 Å². The monoisotopic (exact) mass is 546 g/mol. The number of amidine groups is 1. The van der Waals surface area contributed by atoms with Gasteiger partial charge in [-0.3, -0.25) is 4.99 Å². The van der Waals surface area contributed by atoms with Crippen molar-refractivity contribution in [2.75, 3.05) is 25.6 Å². The second-order valence-corrected chi connectivity index (χ2v) is 13.2. The van der Waals surface area contributed by atoms with Crippen LogP contribution < -0.4 is 0 Å². The van der Waals surface area contributed by atoms with E-state index in [-0.39, 0.29) is 22.2 Å². The Morgan fingerprint density at radius 3 is 2.11 bits per heavy atom. The molecule has 2 aromatic carbocycles. The van der Waals surface area contributed by atoms with E-state index in [1.807, 2.05) is 78.9 Å². The molecule has 194 valence electrons. The van der Waals surface area contributed by atoms with Crippen molar-refractivity contribution in [1.29, 1.82) is 0 Å². The van der Waals surface area contributed by atoms with Gasteiger partial charge in [-0.2, -0.15) is 0 Å². The Morgan fingerprint density at radius 2 is 1.53 bits per heavy atom. The van der Waals surface area contributed by atoms with Crippen molar-refractivity contribution in [3.05, 3.63) is 71.8 Å². The van der Waals surface area contributed by atoms with E-state index in [0.29, 0.717) is 13.2 Å². The van der Waals surface area contributed by atoms with Crippen LogP contribution in [-0.4, -0.2) is 81.3 Å². The molecule has 3 aliphatic rings. The van der Waals surface area contributed by atoms with Crippen LogP contribution in [0, 0.1) is 0 Å². The summed E-state index contributed by atoms with van der Waals surface area (Å²) in [6, 6.07) is 20.1. The largest absolute Gasteiger partial charge is 0.388 e. The standard InChI is InChI=1S/C27H34N2O4S3/c1-29(2)27-28-20-22(31-16-18-10-5-3-6-11-18)24(32-17-19-12-7-4-8-13-19)23(33-25(20)36-27)21(30)26-34-14-9-15-35-26/h3-8,10-13,20-26,30H,9,14-17H2,1-2H3/t20-,21?,22-,23-,24-,25-/m1/s1. The van der Waals surface area contributed by atoms with Crippen LogP contribution in [0.2, 0.25) is 0 Å². The van der Waals surface area contributed by atoms with Crippen LogP contribution in [0.15, 0.2) is 65.7 Å². The summed E-state index contributed by atoms with van der Waals surface area (Å²) in [4.78, 5) is 7.01. The number of fused-ring (bicyclic) bond motifs is 1. The van der Waals surface area contributed by atoms with Crippen LogP contribution in [0.1, 0.15) is 17.5 Å². The second kappa shape index (κ2) is 12.6. The van der Waals surface area contributed by atoms with Gasteiger partial charge in [0.15, 0.2) is 5.17 Å². The van der Waals surface area contributed by atoms with Crippen LogP contribution in [0.4, 0.5) is 0 Å². The highest BCUT2D eigenvalue weighted by Gasteiger charge is 2.54. The van der Waals surface area contributed by atoms with Crippen molar-refractivity contribution >= 4 is 40.5 Å². The van der Waals surface area contributed by atoms with Crippen LogP contribution in [-0.2, 0) is 27.4 Å². The summed E-state index contributed by atoms with van der Waals surface area (Å²) in [5.74, 6) is 2.11. The highest BCUT2D eigenvalue weighted by Crippen LogP contribution is 2.43. The highest BCUT2D eigenvalue weighted by atomic mass is 32.2. The number of aliphatic hydroxyl groups is 1.